The van der Waals surface area contributed by atoms with Crippen molar-refractivity contribution in [2.45, 2.75) is 6.92 Å². The molecule has 0 aliphatic rings. The van der Waals surface area contributed by atoms with Crippen molar-refractivity contribution < 1.29 is 14.6 Å². The third kappa shape index (κ3) is 3.60. The van der Waals surface area contributed by atoms with Crippen molar-refractivity contribution in [1.82, 2.24) is 5.43 Å². The SMILES string of the molecule is COc1ccc(/C=N/NC(=O)c2sc3cc(C)ccc3c2Cl)cc1O. The Morgan fingerprint density at radius 3 is 2.84 bits per heavy atom. The third-order valence-corrected chi connectivity index (χ3v) is 5.23. The molecule has 0 aliphatic heterocycles. The van der Waals surface area contributed by atoms with Gasteiger partial charge in [-0.3, -0.25) is 4.79 Å². The number of methoxy groups -OCH3 is 1. The second kappa shape index (κ2) is 7.13. The molecular weight excluding hydrogens is 360 g/mol. The minimum absolute atomic E-state index is 0.000646. The maximum absolute atomic E-state index is 12.3. The summed E-state index contributed by atoms with van der Waals surface area (Å²) in [6.45, 7) is 1.99. The molecule has 0 spiro atoms. The highest BCUT2D eigenvalue weighted by atomic mass is 35.5. The van der Waals surface area contributed by atoms with Gasteiger partial charge in [-0.15, -0.1) is 11.3 Å². The Morgan fingerprint density at radius 1 is 1.32 bits per heavy atom. The first-order valence-electron chi connectivity index (χ1n) is 7.38. The largest absolute Gasteiger partial charge is 0.504 e. The molecule has 1 amide bonds. The van der Waals surface area contributed by atoms with E-state index in [0.29, 0.717) is 21.2 Å². The Kier molecular flexibility index (Phi) is 4.92. The molecule has 0 saturated heterocycles. The first kappa shape index (κ1) is 17.3. The number of hydrogen-bond acceptors (Lipinski definition) is 5. The summed E-state index contributed by atoms with van der Waals surface area (Å²) in [5, 5.41) is 14.9. The fourth-order valence-electron chi connectivity index (χ4n) is 2.32. The van der Waals surface area contributed by atoms with Crippen LogP contribution in [0.4, 0.5) is 0 Å². The van der Waals surface area contributed by atoms with Gasteiger partial charge in [-0.1, -0.05) is 23.7 Å². The molecule has 3 rings (SSSR count). The van der Waals surface area contributed by atoms with Gasteiger partial charge in [-0.2, -0.15) is 5.10 Å². The molecular formula is C18H15ClN2O3S. The van der Waals surface area contributed by atoms with Crippen LogP contribution in [0.1, 0.15) is 20.8 Å². The van der Waals surface area contributed by atoms with Gasteiger partial charge in [0.05, 0.1) is 18.3 Å². The van der Waals surface area contributed by atoms with Crippen LogP contribution < -0.4 is 10.2 Å². The van der Waals surface area contributed by atoms with Gasteiger partial charge in [-0.25, -0.2) is 5.43 Å². The third-order valence-electron chi connectivity index (χ3n) is 3.57. The van der Waals surface area contributed by atoms with E-state index >= 15 is 0 Å². The van der Waals surface area contributed by atoms with Crippen molar-refractivity contribution in [3.63, 3.8) is 0 Å². The highest BCUT2D eigenvalue weighted by Gasteiger charge is 2.16. The molecule has 3 aromatic rings. The summed E-state index contributed by atoms with van der Waals surface area (Å²) >= 11 is 7.63. The van der Waals surface area contributed by atoms with Crippen LogP contribution in [0.5, 0.6) is 11.5 Å². The van der Waals surface area contributed by atoms with E-state index in [1.54, 1.807) is 12.1 Å². The number of benzene rings is 2. The van der Waals surface area contributed by atoms with Crippen molar-refractivity contribution in [3.8, 4) is 11.5 Å². The van der Waals surface area contributed by atoms with Crippen LogP contribution in [-0.2, 0) is 0 Å². The fraction of sp³-hybridized carbons (Fsp3) is 0.111. The number of carbonyl (C=O) groups excluding carboxylic acids is 1. The zero-order chi connectivity index (χ0) is 18.0. The maximum atomic E-state index is 12.3. The molecule has 25 heavy (non-hydrogen) atoms. The number of phenols is 1. The van der Waals surface area contributed by atoms with Gasteiger partial charge < -0.3 is 9.84 Å². The molecule has 2 aromatic carbocycles. The number of aromatic hydroxyl groups is 1. The topological polar surface area (TPSA) is 70.9 Å². The van der Waals surface area contributed by atoms with E-state index in [4.69, 9.17) is 16.3 Å². The predicted octanol–water partition coefficient (Wildman–Crippen LogP) is 4.34. The lowest BCUT2D eigenvalue weighted by molar-refractivity contribution is 0.0959. The Labute approximate surface area is 153 Å². The Morgan fingerprint density at radius 2 is 2.12 bits per heavy atom. The number of hydrogen-bond donors (Lipinski definition) is 2. The van der Waals surface area contributed by atoms with E-state index in [0.717, 1.165) is 15.6 Å². The number of amides is 1. The number of hydrazone groups is 1. The van der Waals surface area contributed by atoms with E-state index in [1.165, 1.54) is 30.7 Å². The minimum Gasteiger partial charge on any atom is -0.504 e. The monoisotopic (exact) mass is 374 g/mol. The number of fused-ring (bicyclic) bond motifs is 1. The minimum atomic E-state index is -0.377. The average Bonchev–Trinajstić information content (AvgIpc) is 2.91. The highest BCUT2D eigenvalue weighted by Crippen LogP contribution is 2.35. The van der Waals surface area contributed by atoms with Crippen LogP contribution in [0.25, 0.3) is 10.1 Å². The van der Waals surface area contributed by atoms with Gasteiger partial charge >= 0.3 is 0 Å². The van der Waals surface area contributed by atoms with Crippen molar-refractivity contribution in [2.24, 2.45) is 5.10 Å². The molecule has 0 bridgehead atoms. The van der Waals surface area contributed by atoms with E-state index < -0.39 is 0 Å². The molecule has 0 radical (unpaired) electrons. The molecule has 0 fully saturated rings. The van der Waals surface area contributed by atoms with Gasteiger partial charge in [0, 0.05) is 10.1 Å². The Bertz CT molecular complexity index is 982. The molecule has 7 heteroatoms. The van der Waals surface area contributed by atoms with Crippen LogP contribution in [0.2, 0.25) is 5.02 Å². The van der Waals surface area contributed by atoms with Crippen LogP contribution in [0.3, 0.4) is 0 Å². The Hall–Kier alpha value is -2.57. The number of rotatable bonds is 4. The van der Waals surface area contributed by atoms with E-state index in [2.05, 4.69) is 10.5 Å². The Balaban J connectivity index is 1.76. The number of nitrogens with zero attached hydrogens (tertiary/aromatic N) is 1. The van der Waals surface area contributed by atoms with Crippen molar-refractivity contribution in [3.05, 3.63) is 57.4 Å². The van der Waals surface area contributed by atoms with Crippen LogP contribution in [0, 0.1) is 6.92 Å². The fourth-order valence-corrected chi connectivity index (χ4v) is 3.83. The molecule has 0 atom stereocenters. The average molecular weight is 375 g/mol. The number of carbonyl (C=O) groups is 1. The van der Waals surface area contributed by atoms with Gasteiger partial charge in [0.25, 0.3) is 5.91 Å². The van der Waals surface area contributed by atoms with Gasteiger partial charge in [0.2, 0.25) is 0 Å². The lowest BCUT2D eigenvalue weighted by Gasteiger charge is -2.03. The number of ether oxygens (including phenoxy) is 1. The van der Waals surface area contributed by atoms with Crippen LogP contribution in [-0.4, -0.2) is 24.3 Å². The van der Waals surface area contributed by atoms with E-state index in [1.807, 2.05) is 25.1 Å². The summed E-state index contributed by atoms with van der Waals surface area (Å²) in [5.74, 6) is -0.00734. The number of thiophene rings is 1. The molecule has 0 saturated carbocycles. The summed E-state index contributed by atoms with van der Waals surface area (Å²) in [6.07, 6.45) is 1.43. The second-order valence-corrected chi connectivity index (χ2v) is 6.81. The summed E-state index contributed by atoms with van der Waals surface area (Å²) in [6, 6.07) is 10.7. The summed E-state index contributed by atoms with van der Waals surface area (Å²) < 4.78 is 5.93. The summed E-state index contributed by atoms with van der Waals surface area (Å²) in [4.78, 5) is 12.7. The van der Waals surface area contributed by atoms with Crippen LogP contribution >= 0.6 is 22.9 Å². The maximum Gasteiger partial charge on any atom is 0.283 e. The van der Waals surface area contributed by atoms with Crippen molar-refractivity contribution >= 4 is 45.1 Å². The molecule has 2 N–H and O–H groups in total. The zero-order valence-corrected chi connectivity index (χ0v) is 15.1. The molecule has 0 aliphatic carbocycles. The summed E-state index contributed by atoms with van der Waals surface area (Å²) in [5.41, 5.74) is 4.18. The lowest BCUT2D eigenvalue weighted by Crippen LogP contribution is -2.16. The summed E-state index contributed by atoms with van der Waals surface area (Å²) in [7, 11) is 1.47. The first-order valence-corrected chi connectivity index (χ1v) is 8.58. The predicted molar refractivity (Wildman–Crippen MR) is 101 cm³/mol. The number of halogens is 1. The number of aryl methyl sites for hydroxylation is 1. The van der Waals surface area contributed by atoms with Crippen LogP contribution in [0.15, 0.2) is 41.5 Å². The first-order chi connectivity index (χ1) is 12.0. The molecule has 5 nitrogen and oxygen atoms in total. The van der Waals surface area contributed by atoms with Crippen molar-refractivity contribution in [2.75, 3.05) is 7.11 Å². The standard InChI is InChI=1S/C18H15ClN2O3S/c1-10-3-5-12-15(7-10)25-17(16(12)19)18(23)21-20-9-11-4-6-14(24-2)13(22)8-11/h3-9,22H,1-2H3,(H,21,23)/b20-9+. The molecule has 1 heterocycles. The van der Waals surface area contributed by atoms with E-state index in [9.17, 15) is 9.90 Å². The zero-order valence-electron chi connectivity index (χ0n) is 13.5. The lowest BCUT2D eigenvalue weighted by atomic mass is 10.2. The molecule has 128 valence electrons. The number of phenolic OH excluding ortho intramolecular Hbond substituents is 1. The molecule has 0 unspecified atom stereocenters. The number of nitrogens with one attached hydrogen (secondary N) is 1. The van der Waals surface area contributed by atoms with Crippen molar-refractivity contribution in [1.29, 1.82) is 0 Å². The van der Waals surface area contributed by atoms with E-state index in [-0.39, 0.29) is 11.7 Å². The quantitative estimate of drug-likeness (QED) is 0.527. The smallest absolute Gasteiger partial charge is 0.283 e. The van der Waals surface area contributed by atoms with Gasteiger partial charge in [0.1, 0.15) is 4.88 Å². The normalized spacial score (nSPS) is 11.2. The molecule has 1 aromatic heterocycles. The van der Waals surface area contributed by atoms with Gasteiger partial charge in [0.15, 0.2) is 11.5 Å². The second-order valence-electron chi connectivity index (χ2n) is 5.38. The van der Waals surface area contributed by atoms with Gasteiger partial charge in [-0.05, 0) is 42.3 Å². The highest BCUT2D eigenvalue weighted by molar-refractivity contribution is 7.21.